The predicted molar refractivity (Wildman–Crippen MR) is 75.4 cm³/mol. The quantitative estimate of drug-likeness (QED) is 0.852. The number of nitrogens with one attached hydrogen (secondary N) is 1. The monoisotopic (exact) mass is 310 g/mol. The average molecular weight is 311 g/mol. The van der Waals surface area contributed by atoms with E-state index in [0.29, 0.717) is 5.92 Å². The highest BCUT2D eigenvalue weighted by molar-refractivity contribution is 9.10. The van der Waals surface area contributed by atoms with Crippen LogP contribution in [0.5, 0.6) is 0 Å². The fourth-order valence-corrected chi connectivity index (χ4v) is 3.85. The molecule has 96 valence electrons. The van der Waals surface area contributed by atoms with Gasteiger partial charge in [-0.15, -0.1) is 0 Å². The van der Waals surface area contributed by atoms with Crippen molar-refractivity contribution in [3.63, 3.8) is 0 Å². The molecule has 4 heteroatoms. The van der Waals surface area contributed by atoms with E-state index in [-0.39, 0.29) is 5.82 Å². The van der Waals surface area contributed by atoms with E-state index in [2.05, 4.69) is 25.8 Å². The lowest BCUT2D eigenvalue weighted by molar-refractivity contribution is 0.447. The van der Waals surface area contributed by atoms with Gasteiger partial charge >= 0.3 is 0 Å². The van der Waals surface area contributed by atoms with Gasteiger partial charge in [-0.05, 0) is 53.5 Å². The first-order valence-corrected chi connectivity index (χ1v) is 7.12. The van der Waals surface area contributed by atoms with Crippen molar-refractivity contribution < 1.29 is 4.39 Å². The minimum atomic E-state index is -0.177. The molecule has 1 saturated heterocycles. The average Bonchev–Trinajstić information content (AvgIpc) is 2.63. The maximum absolute atomic E-state index is 13.4. The van der Waals surface area contributed by atoms with Crippen molar-refractivity contribution in [1.29, 1.82) is 0 Å². The minimum Gasteiger partial charge on any atom is -0.346 e. The van der Waals surface area contributed by atoms with E-state index < -0.39 is 0 Å². The molecule has 0 saturated carbocycles. The normalized spacial score (nSPS) is 20.5. The van der Waals surface area contributed by atoms with Gasteiger partial charge in [-0.3, -0.25) is 0 Å². The van der Waals surface area contributed by atoms with Crippen molar-refractivity contribution in [1.82, 2.24) is 9.88 Å². The molecule has 1 aliphatic rings. The van der Waals surface area contributed by atoms with Gasteiger partial charge in [0.05, 0.1) is 5.52 Å². The minimum absolute atomic E-state index is 0.177. The lowest BCUT2D eigenvalue weighted by Crippen LogP contribution is -2.29. The molecule has 1 aromatic carbocycles. The lowest BCUT2D eigenvalue weighted by Gasteiger charge is -2.24. The molecule has 0 bridgehead atoms. The van der Waals surface area contributed by atoms with Crippen LogP contribution in [0.3, 0.4) is 0 Å². The zero-order valence-corrected chi connectivity index (χ0v) is 11.9. The van der Waals surface area contributed by atoms with Gasteiger partial charge in [0.1, 0.15) is 5.82 Å². The predicted octanol–water partition coefficient (Wildman–Crippen LogP) is 3.55. The van der Waals surface area contributed by atoms with Gasteiger partial charge < -0.3 is 9.88 Å². The molecule has 1 fully saturated rings. The molecular formula is C14H16BrFN2. The molecule has 0 spiro atoms. The Morgan fingerprint density at radius 2 is 2.28 bits per heavy atom. The van der Waals surface area contributed by atoms with Crippen LogP contribution in [0.2, 0.25) is 0 Å². The second-order valence-electron chi connectivity index (χ2n) is 4.96. The smallest absolute Gasteiger partial charge is 0.125 e. The Morgan fingerprint density at radius 3 is 3.00 bits per heavy atom. The van der Waals surface area contributed by atoms with E-state index in [4.69, 9.17) is 0 Å². The largest absolute Gasteiger partial charge is 0.346 e. The molecule has 1 aliphatic heterocycles. The van der Waals surface area contributed by atoms with Crippen LogP contribution in [-0.2, 0) is 7.05 Å². The number of hydrogen-bond acceptors (Lipinski definition) is 1. The van der Waals surface area contributed by atoms with E-state index in [1.807, 2.05) is 13.1 Å². The van der Waals surface area contributed by atoms with Crippen LogP contribution in [0.1, 0.15) is 24.5 Å². The molecule has 2 aromatic rings. The number of hydrogen-bond donors (Lipinski definition) is 1. The molecule has 18 heavy (non-hydrogen) atoms. The summed E-state index contributed by atoms with van der Waals surface area (Å²) in [7, 11) is 2.02. The van der Waals surface area contributed by atoms with Gasteiger partial charge in [0.2, 0.25) is 0 Å². The van der Waals surface area contributed by atoms with Crippen LogP contribution >= 0.6 is 15.9 Å². The van der Waals surface area contributed by atoms with E-state index in [0.717, 1.165) is 28.5 Å². The van der Waals surface area contributed by atoms with E-state index in [1.54, 1.807) is 6.07 Å². The first kappa shape index (κ1) is 12.2. The van der Waals surface area contributed by atoms with Crippen molar-refractivity contribution in [3.8, 4) is 0 Å². The summed E-state index contributed by atoms with van der Waals surface area (Å²) in [6, 6.07) is 4.99. The zero-order chi connectivity index (χ0) is 12.7. The molecule has 0 radical (unpaired) electrons. The number of nitrogens with zero attached hydrogens (tertiary/aromatic N) is 1. The van der Waals surface area contributed by atoms with Crippen LogP contribution in [0.25, 0.3) is 10.9 Å². The van der Waals surface area contributed by atoms with Crippen molar-refractivity contribution in [3.05, 3.63) is 34.2 Å². The fraction of sp³-hybridized carbons (Fsp3) is 0.429. The first-order chi connectivity index (χ1) is 8.68. The Balaban J connectivity index is 2.16. The third kappa shape index (κ3) is 1.88. The number of halogens is 2. The van der Waals surface area contributed by atoms with Crippen LogP contribution < -0.4 is 5.32 Å². The van der Waals surface area contributed by atoms with Gasteiger partial charge in [-0.1, -0.05) is 0 Å². The Hall–Kier alpha value is -0.870. The molecule has 0 aliphatic carbocycles. The van der Waals surface area contributed by atoms with E-state index in [1.165, 1.54) is 24.6 Å². The summed E-state index contributed by atoms with van der Waals surface area (Å²) in [5, 5.41) is 4.53. The van der Waals surface area contributed by atoms with Crippen LogP contribution in [0.4, 0.5) is 4.39 Å². The summed E-state index contributed by atoms with van der Waals surface area (Å²) in [5.74, 6) is 0.331. The summed E-state index contributed by atoms with van der Waals surface area (Å²) in [6.07, 6.45) is 2.39. The highest BCUT2D eigenvalue weighted by Crippen LogP contribution is 2.37. The molecule has 1 unspecified atom stereocenters. The van der Waals surface area contributed by atoms with Crippen LogP contribution in [0, 0.1) is 5.82 Å². The highest BCUT2D eigenvalue weighted by atomic mass is 79.9. The van der Waals surface area contributed by atoms with Crippen molar-refractivity contribution in [2.24, 2.45) is 7.05 Å². The summed E-state index contributed by atoms with van der Waals surface area (Å²) in [5.41, 5.74) is 2.24. The molecule has 1 atom stereocenters. The second kappa shape index (κ2) is 4.67. The van der Waals surface area contributed by atoms with Crippen LogP contribution in [0.15, 0.2) is 22.7 Å². The Labute approximate surface area is 114 Å². The van der Waals surface area contributed by atoms with Gasteiger partial charge in [0, 0.05) is 35.1 Å². The highest BCUT2D eigenvalue weighted by Gasteiger charge is 2.23. The number of fused-ring (bicyclic) bond motifs is 1. The lowest BCUT2D eigenvalue weighted by atomic mass is 9.96. The van der Waals surface area contributed by atoms with Gasteiger partial charge in [-0.2, -0.15) is 0 Å². The van der Waals surface area contributed by atoms with Crippen molar-refractivity contribution in [2.75, 3.05) is 13.1 Å². The number of aryl methyl sites for hydroxylation is 1. The SMILES string of the molecule is Cn1c(C2CCCNC2)c(Br)c2ccc(F)cc21. The molecule has 0 amide bonds. The standard InChI is InChI=1S/C14H16BrFN2/c1-18-12-7-10(16)4-5-11(12)13(15)14(18)9-3-2-6-17-8-9/h4-5,7,9,17H,2-3,6,8H2,1H3. The van der Waals surface area contributed by atoms with Gasteiger partial charge in [-0.25, -0.2) is 4.39 Å². The maximum Gasteiger partial charge on any atom is 0.125 e. The molecule has 2 nitrogen and oxygen atoms in total. The number of aromatic nitrogens is 1. The second-order valence-corrected chi connectivity index (χ2v) is 5.76. The third-order valence-corrected chi connectivity index (χ3v) is 4.66. The molecule has 1 N–H and O–H groups in total. The maximum atomic E-state index is 13.4. The van der Waals surface area contributed by atoms with Crippen LogP contribution in [-0.4, -0.2) is 17.7 Å². The fourth-order valence-electron chi connectivity index (χ4n) is 2.92. The van der Waals surface area contributed by atoms with E-state index in [9.17, 15) is 4.39 Å². The summed E-state index contributed by atoms with van der Waals surface area (Å²) >= 11 is 3.69. The van der Waals surface area contributed by atoms with E-state index >= 15 is 0 Å². The Bertz CT molecular complexity index is 585. The number of piperidine rings is 1. The summed E-state index contributed by atoms with van der Waals surface area (Å²) in [6.45, 7) is 2.11. The summed E-state index contributed by atoms with van der Waals surface area (Å²) < 4.78 is 16.6. The third-order valence-electron chi connectivity index (χ3n) is 3.83. The Kier molecular flexibility index (Phi) is 3.16. The molecular weight excluding hydrogens is 295 g/mol. The van der Waals surface area contributed by atoms with Crippen molar-refractivity contribution >= 4 is 26.8 Å². The Morgan fingerprint density at radius 1 is 1.44 bits per heavy atom. The summed E-state index contributed by atoms with van der Waals surface area (Å²) in [4.78, 5) is 0. The van der Waals surface area contributed by atoms with Gasteiger partial charge in [0.15, 0.2) is 0 Å². The topological polar surface area (TPSA) is 17.0 Å². The first-order valence-electron chi connectivity index (χ1n) is 6.32. The van der Waals surface area contributed by atoms with Crippen molar-refractivity contribution in [2.45, 2.75) is 18.8 Å². The molecule has 2 heterocycles. The number of benzene rings is 1. The number of rotatable bonds is 1. The molecule has 1 aromatic heterocycles. The molecule has 3 rings (SSSR count). The zero-order valence-electron chi connectivity index (χ0n) is 10.3. The van der Waals surface area contributed by atoms with Gasteiger partial charge in [0.25, 0.3) is 0 Å².